The van der Waals surface area contributed by atoms with E-state index in [1.807, 2.05) is 4.90 Å². The van der Waals surface area contributed by atoms with E-state index in [4.69, 9.17) is 4.74 Å². The van der Waals surface area contributed by atoms with Gasteiger partial charge in [-0.15, -0.1) is 0 Å². The summed E-state index contributed by atoms with van der Waals surface area (Å²) in [6, 6.07) is 6.11. The van der Waals surface area contributed by atoms with Crippen molar-refractivity contribution in [3.05, 3.63) is 30.1 Å². The molecule has 4 heteroatoms. The smallest absolute Gasteiger partial charge is 0.223 e. The molecule has 0 saturated carbocycles. The maximum Gasteiger partial charge on any atom is 0.223 e. The highest BCUT2D eigenvalue weighted by Gasteiger charge is 2.26. The van der Waals surface area contributed by atoms with Crippen LogP contribution in [0, 0.1) is 17.2 Å². The zero-order valence-electron chi connectivity index (χ0n) is 13.8. The first-order chi connectivity index (χ1) is 10.3. The third kappa shape index (κ3) is 5.32. The Kier molecular flexibility index (Phi) is 5.43. The van der Waals surface area contributed by atoms with Crippen LogP contribution in [-0.4, -0.2) is 30.5 Å². The third-order valence-corrected chi connectivity index (χ3v) is 3.95. The van der Waals surface area contributed by atoms with Gasteiger partial charge in [0, 0.05) is 19.5 Å². The van der Waals surface area contributed by atoms with Crippen LogP contribution in [0.5, 0.6) is 5.75 Å². The lowest BCUT2D eigenvalue weighted by atomic mass is 9.90. The van der Waals surface area contributed by atoms with Crippen LogP contribution in [0.3, 0.4) is 0 Å². The number of likely N-dealkylation sites (tertiary alicyclic amines) is 1. The first-order valence-corrected chi connectivity index (χ1v) is 8.00. The zero-order valence-corrected chi connectivity index (χ0v) is 13.8. The summed E-state index contributed by atoms with van der Waals surface area (Å²) in [6.07, 6.45) is 2.54. The second kappa shape index (κ2) is 7.12. The van der Waals surface area contributed by atoms with Crippen LogP contribution < -0.4 is 4.74 Å². The molecular weight excluding hydrogens is 281 g/mol. The quantitative estimate of drug-likeness (QED) is 0.845. The Bertz CT molecular complexity index is 485. The van der Waals surface area contributed by atoms with Gasteiger partial charge in [-0.25, -0.2) is 4.39 Å². The van der Waals surface area contributed by atoms with E-state index in [1.54, 1.807) is 12.1 Å². The lowest BCUT2D eigenvalue weighted by molar-refractivity contribution is -0.134. The number of halogens is 1. The average molecular weight is 307 g/mol. The summed E-state index contributed by atoms with van der Waals surface area (Å²) in [6.45, 7) is 8.53. The van der Waals surface area contributed by atoms with Crippen LogP contribution in [0.2, 0.25) is 0 Å². The molecule has 0 atom stereocenters. The second-order valence-electron chi connectivity index (χ2n) is 7.33. The fourth-order valence-electron chi connectivity index (χ4n) is 2.66. The third-order valence-electron chi connectivity index (χ3n) is 3.95. The Labute approximate surface area is 132 Å². The highest BCUT2D eigenvalue weighted by molar-refractivity contribution is 5.76. The molecule has 0 aromatic heterocycles. The van der Waals surface area contributed by atoms with Crippen molar-refractivity contribution >= 4 is 5.91 Å². The molecule has 1 heterocycles. The Hall–Kier alpha value is -1.58. The van der Waals surface area contributed by atoms with Crippen molar-refractivity contribution in [1.82, 2.24) is 4.90 Å². The maximum atomic E-state index is 12.8. The molecule has 3 nitrogen and oxygen atoms in total. The van der Waals surface area contributed by atoms with Gasteiger partial charge in [0.2, 0.25) is 5.91 Å². The largest absolute Gasteiger partial charge is 0.493 e. The van der Waals surface area contributed by atoms with E-state index in [1.165, 1.54) is 12.1 Å². The average Bonchev–Trinajstić information content (AvgIpc) is 2.45. The zero-order chi connectivity index (χ0) is 16.2. The van der Waals surface area contributed by atoms with Gasteiger partial charge in [-0.3, -0.25) is 4.79 Å². The molecule has 1 amide bonds. The molecule has 0 spiro atoms. The number of hydrogen-bond acceptors (Lipinski definition) is 2. The lowest BCUT2D eigenvalue weighted by Crippen LogP contribution is -2.40. The molecule has 1 aliphatic heterocycles. The first-order valence-electron chi connectivity index (χ1n) is 8.00. The Morgan fingerprint density at radius 2 is 1.82 bits per heavy atom. The first kappa shape index (κ1) is 16.8. The van der Waals surface area contributed by atoms with Gasteiger partial charge in [0.05, 0.1) is 6.61 Å². The van der Waals surface area contributed by atoms with Gasteiger partial charge in [-0.1, -0.05) is 20.8 Å². The van der Waals surface area contributed by atoms with Crippen LogP contribution in [-0.2, 0) is 4.79 Å². The number of carbonyl (C=O) groups is 1. The number of nitrogens with zero attached hydrogens (tertiary/aromatic N) is 1. The lowest BCUT2D eigenvalue weighted by Gasteiger charge is -2.33. The predicted octanol–water partition coefficient (Wildman–Crippen LogP) is 3.88. The molecule has 0 N–H and O–H groups in total. The van der Waals surface area contributed by atoms with Gasteiger partial charge in [0.15, 0.2) is 0 Å². The topological polar surface area (TPSA) is 29.5 Å². The van der Waals surface area contributed by atoms with Crippen LogP contribution in [0.25, 0.3) is 0 Å². The molecular formula is C18H26FNO2. The van der Waals surface area contributed by atoms with Crippen LogP contribution in [0.1, 0.15) is 40.0 Å². The number of benzene rings is 1. The fourth-order valence-corrected chi connectivity index (χ4v) is 2.66. The summed E-state index contributed by atoms with van der Waals surface area (Å²) >= 11 is 0. The van der Waals surface area contributed by atoms with E-state index < -0.39 is 0 Å². The summed E-state index contributed by atoms with van der Waals surface area (Å²) in [5.74, 6) is 1.17. The van der Waals surface area contributed by atoms with Crippen LogP contribution >= 0.6 is 0 Å². The van der Waals surface area contributed by atoms with Gasteiger partial charge >= 0.3 is 0 Å². The van der Waals surface area contributed by atoms with Gasteiger partial charge in [0.1, 0.15) is 11.6 Å². The number of piperidine rings is 1. The fraction of sp³-hybridized carbons (Fsp3) is 0.611. The maximum absolute atomic E-state index is 12.8. The van der Waals surface area contributed by atoms with E-state index in [0.29, 0.717) is 24.7 Å². The number of rotatable bonds is 4. The molecule has 122 valence electrons. The van der Waals surface area contributed by atoms with E-state index in [0.717, 1.165) is 25.9 Å². The molecule has 0 radical (unpaired) electrons. The van der Waals surface area contributed by atoms with Crippen LogP contribution in [0.15, 0.2) is 24.3 Å². The highest BCUT2D eigenvalue weighted by atomic mass is 19.1. The molecule has 1 saturated heterocycles. The molecule has 2 rings (SSSR count). The SMILES string of the molecule is CC(C)(C)CC(=O)N1CCC(COc2ccc(F)cc2)CC1. The molecule has 1 aromatic rings. The predicted molar refractivity (Wildman–Crippen MR) is 85.3 cm³/mol. The number of carbonyl (C=O) groups excluding carboxylic acids is 1. The van der Waals surface area contributed by atoms with E-state index in [9.17, 15) is 9.18 Å². The molecule has 0 bridgehead atoms. The van der Waals surface area contributed by atoms with Crippen molar-refractivity contribution in [2.45, 2.75) is 40.0 Å². The minimum absolute atomic E-state index is 0.0413. The Morgan fingerprint density at radius 3 is 2.36 bits per heavy atom. The summed E-state index contributed by atoms with van der Waals surface area (Å²) in [5.41, 5.74) is 0.0413. The Morgan fingerprint density at radius 1 is 1.23 bits per heavy atom. The number of ether oxygens (including phenoxy) is 1. The van der Waals surface area contributed by atoms with Crippen molar-refractivity contribution in [3.8, 4) is 5.75 Å². The normalized spacial score (nSPS) is 16.6. The van der Waals surface area contributed by atoms with Crippen molar-refractivity contribution in [2.75, 3.05) is 19.7 Å². The minimum atomic E-state index is -0.252. The van der Waals surface area contributed by atoms with Gasteiger partial charge in [0.25, 0.3) is 0 Å². The standard InChI is InChI=1S/C18H26FNO2/c1-18(2,3)12-17(21)20-10-8-14(9-11-20)13-22-16-6-4-15(19)5-7-16/h4-7,14H,8-13H2,1-3H3. The summed E-state index contributed by atoms with van der Waals surface area (Å²) in [7, 11) is 0. The van der Waals surface area contributed by atoms with Crippen molar-refractivity contribution in [3.63, 3.8) is 0 Å². The van der Waals surface area contributed by atoms with Crippen molar-refractivity contribution in [1.29, 1.82) is 0 Å². The molecule has 22 heavy (non-hydrogen) atoms. The molecule has 1 fully saturated rings. The van der Waals surface area contributed by atoms with E-state index in [-0.39, 0.29) is 17.1 Å². The van der Waals surface area contributed by atoms with E-state index in [2.05, 4.69) is 20.8 Å². The molecule has 0 unspecified atom stereocenters. The minimum Gasteiger partial charge on any atom is -0.493 e. The number of amides is 1. The summed E-state index contributed by atoms with van der Waals surface area (Å²) in [5, 5.41) is 0. The van der Waals surface area contributed by atoms with Gasteiger partial charge in [-0.05, 0) is 48.4 Å². The second-order valence-corrected chi connectivity index (χ2v) is 7.33. The van der Waals surface area contributed by atoms with Crippen molar-refractivity contribution < 1.29 is 13.9 Å². The highest BCUT2D eigenvalue weighted by Crippen LogP contribution is 2.24. The van der Waals surface area contributed by atoms with Crippen LogP contribution in [0.4, 0.5) is 4.39 Å². The number of hydrogen-bond donors (Lipinski definition) is 0. The van der Waals surface area contributed by atoms with E-state index >= 15 is 0 Å². The molecule has 1 aromatic carbocycles. The molecule has 0 aliphatic carbocycles. The summed E-state index contributed by atoms with van der Waals surface area (Å²) in [4.78, 5) is 14.2. The summed E-state index contributed by atoms with van der Waals surface area (Å²) < 4.78 is 18.5. The monoisotopic (exact) mass is 307 g/mol. The Balaban J connectivity index is 1.73. The van der Waals surface area contributed by atoms with Crippen molar-refractivity contribution in [2.24, 2.45) is 11.3 Å². The van der Waals surface area contributed by atoms with Gasteiger partial charge < -0.3 is 9.64 Å². The van der Waals surface area contributed by atoms with Gasteiger partial charge in [-0.2, -0.15) is 0 Å². The molecule has 1 aliphatic rings.